The first-order valence-corrected chi connectivity index (χ1v) is 10.9. The van der Waals surface area contributed by atoms with Gasteiger partial charge in [-0.1, -0.05) is 0 Å². The van der Waals surface area contributed by atoms with Gasteiger partial charge in [-0.25, -0.2) is 18.6 Å². The molecule has 3 atom stereocenters. The SMILES string of the molecule is CN1CC(C(=O)NC2CCc3nc(-c4ccc(F)cc4F)cn3C2)C(C(F)(F)F)C1.O=C(O)C(F)(F)F. The number of hydrogen-bond donors (Lipinski definition) is 2. The maximum atomic E-state index is 14.0. The molecule has 2 aliphatic rings. The van der Waals surface area contributed by atoms with Crippen LogP contribution < -0.4 is 5.32 Å². The molecule has 3 heterocycles. The monoisotopic (exact) mass is 542 g/mol. The number of imidazole rings is 1. The maximum absolute atomic E-state index is 14.0. The third-order valence-corrected chi connectivity index (χ3v) is 6.05. The highest BCUT2D eigenvalue weighted by molar-refractivity contribution is 5.80. The van der Waals surface area contributed by atoms with Crippen molar-refractivity contribution in [2.45, 2.75) is 37.8 Å². The number of halogens is 8. The second-order valence-electron chi connectivity index (χ2n) is 8.84. The quantitative estimate of drug-likeness (QED) is 0.579. The first-order chi connectivity index (χ1) is 17.1. The number of rotatable bonds is 3. The van der Waals surface area contributed by atoms with Crippen molar-refractivity contribution in [3.05, 3.63) is 41.9 Å². The van der Waals surface area contributed by atoms with E-state index in [-0.39, 0.29) is 24.7 Å². The summed E-state index contributed by atoms with van der Waals surface area (Å²) in [5.74, 6) is -6.89. The number of carbonyl (C=O) groups excluding carboxylic acids is 1. The molecule has 2 aliphatic heterocycles. The van der Waals surface area contributed by atoms with Crippen LogP contribution >= 0.6 is 0 Å². The molecule has 0 bridgehead atoms. The zero-order valence-corrected chi connectivity index (χ0v) is 19.2. The topological polar surface area (TPSA) is 87.5 Å². The zero-order chi connectivity index (χ0) is 27.7. The molecule has 0 spiro atoms. The lowest BCUT2D eigenvalue weighted by Gasteiger charge is -2.27. The molecule has 1 aromatic heterocycles. The molecule has 1 saturated heterocycles. The van der Waals surface area contributed by atoms with Crippen LogP contribution in [-0.2, 0) is 22.6 Å². The zero-order valence-electron chi connectivity index (χ0n) is 19.2. The van der Waals surface area contributed by atoms with Crippen molar-refractivity contribution in [3.63, 3.8) is 0 Å². The van der Waals surface area contributed by atoms with E-state index >= 15 is 0 Å². The van der Waals surface area contributed by atoms with Crippen LogP contribution in [0.15, 0.2) is 24.4 Å². The first-order valence-electron chi connectivity index (χ1n) is 10.9. The average molecular weight is 542 g/mol. The molecule has 37 heavy (non-hydrogen) atoms. The normalized spacial score (nSPS) is 22.1. The molecule has 1 fully saturated rings. The molecule has 15 heteroatoms. The van der Waals surface area contributed by atoms with E-state index in [1.807, 2.05) is 0 Å². The summed E-state index contributed by atoms with van der Waals surface area (Å²) in [7, 11) is 1.57. The van der Waals surface area contributed by atoms with E-state index in [4.69, 9.17) is 9.90 Å². The number of fused-ring (bicyclic) bond motifs is 1. The number of hydrogen-bond acceptors (Lipinski definition) is 4. The standard InChI is InChI=1S/C20H21F5N4O.C2HF3O2/c1-28-8-14(15(9-28)20(23,24)25)19(30)26-12-3-5-18-27-17(10-29(18)7-12)13-4-2-11(21)6-16(13)22;3-2(4,5)1(6)7/h2,4,6,10,12,14-15H,3,5,7-9H2,1H3,(H,26,30);(H,6,7). The second kappa shape index (κ2) is 10.6. The minimum Gasteiger partial charge on any atom is -0.475 e. The fourth-order valence-electron chi connectivity index (χ4n) is 4.29. The highest BCUT2D eigenvalue weighted by atomic mass is 19.4. The van der Waals surface area contributed by atoms with E-state index in [1.165, 1.54) is 11.0 Å². The Hall–Kier alpha value is -3.23. The Bertz CT molecular complexity index is 1150. The molecule has 3 unspecified atom stereocenters. The Kier molecular flexibility index (Phi) is 8.15. The lowest BCUT2D eigenvalue weighted by Crippen LogP contribution is -2.47. The summed E-state index contributed by atoms with van der Waals surface area (Å²) in [4.78, 5) is 27.4. The number of aliphatic carboxylic acids is 1. The van der Waals surface area contributed by atoms with Crippen molar-refractivity contribution >= 4 is 11.9 Å². The summed E-state index contributed by atoms with van der Waals surface area (Å²) in [6.07, 6.45) is -6.88. The van der Waals surface area contributed by atoms with Crippen molar-refractivity contribution < 1.29 is 49.8 Å². The second-order valence-corrected chi connectivity index (χ2v) is 8.84. The summed E-state index contributed by atoms with van der Waals surface area (Å²) < 4.78 is 100. The summed E-state index contributed by atoms with van der Waals surface area (Å²) in [5.41, 5.74) is 0.518. The van der Waals surface area contributed by atoms with Crippen LogP contribution in [0.4, 0.5) is 35.1 Å². The van der Waals surface area contributed by atoms with Gasteiger partial charge < -0.3 is 19.9 Å². The molecule has 0 aliphatic carbocycles. The van der Waals surface area contributed by atoms with E-state index in [0.29, 0.717) is 30.9 Å². The fraction of sp³-hybridized carbons (Fsp3) is 0.500. The molecule has 1 amide bonds. The van der Waals surface area contributed by atoms with Crippen LogP contribution in [0.2, 0.25) is 0 Å². The van der Waals surface area contributed by atoms with Gasteiger partial charge in [0.25, 0.3) is 0 Å². The maximum Gasteiger partial charge on any atom is 0.490 e. The number of alkyl halides is 6. The predicted molar refractivity (Wildman–Crippen MR) is 112 cm³/mol. The number of carbonyl (C=O) groups is 2. The Morgan fingerprint density at radius 1 is 1.08 bits per heavy atom. The van der Waals surface area contributed by atoms with Crippen LogP contribution in [0, 0.1) is 23.5 Å². The number of likely N-dealkylation sites (tertiary alicyclic amines) is 1. The minimum absolute atomic E-state index is 0.0625. The molecule has 4 rings (SSSR count). The van der Waals surface area contributed by atoms with Gasteiger partial charge in [0, 0.05) is 49.9 Å². The highest BCUT2D eigenvalue weighted by Gasteiger charge is 2.51. The molecule has 7 nitrogen and oxygen atoms in total. The predicted octanol–water partition coefficient (Wildman–Crippen LogP) is 3.63. The number of aromatic nitrogens is 2. The Labute approximate surface area is 205 Å². The fourth-order valence-corrected chi connectivity index (χ4v) is 4.29. The number of nitrogens with zero attached hydrogens (tertiary/aromatic N) is 3. The summed E-state index contributed by atoms with van der Waals surface area (Å²) in [6.45, 7) is 0.202. The molecular weight excluding hydrogens is 520 g/mol. The number of carboxylic acid groups (broad SMARTS) is 1. The third-order valence-electron chi connectivity index (χ3n) is 6.05. The molecule has 2 N–H and O–H groups in total. The van der Waals surface area contributed by atoms with Gasteiger partial charge in [-0.3, -0.25) is 4.79 Å². The van der Waals surface area contributed by atoms with Gasteiger partial charge >= 0.3 is 18.3 Å². The van der Waals surface area contributed by atoms with Crippen molar-refractivity contribution in [1.82, 2.24) is 19.8 Å². The third kappa shape index (κ3) is 6.96. The van der Waals surface area contributed by atoms with Gasteiger partial charge in [-0.15, -0.1) is 0 Å². The lowest BCUT2D eigenvalue weighted by molar-refractivity contribution is -0.192. The Balaban J connectivity index is 0.000000479. The van der Waals surface area contributed by atoms with Crippen molar-refractivity contribution in [1.29, 1.82) is 0 Å². The van der Waals surface area contributed by atoms with E-state index < -0.39 is 47.7 Å². The van der Waals surface area contributed by atoms with E-state index in [2.05, 4.69) is 10.3 Å². The first kappa shape index (κ1) is 28.3. The summed E-state index contributed by atoms with van der Waals surface area (Å²) in [5, 5.41) is 9.88. The van der Waals surface area contributed by atoms with Gasteiger partial charge in [-0.05, 0) is 25.6 Å². The van der Waals surface area contributed by atoms with Crippen LogP contribution in [0.25, 0.3) is 11.3 Å². The molecule has 204 valence electrons. The number of benzene rings is 1. The van der Waals surface area contributed by atoms with E-state index in [1.54, 1.807) is 17.8 Å². The van der Waals surface area contributed by atoms with E-state index in [9.17, 15) is 39.9 Å². The smallest absolute Gasteiger partial charge is 0.475 e. The molecule has 0 saturated carbocycles. The van der Waals surface area contributed by atoms with Crippen LogP contribution in [0.1, 0.15) is 12.2 Å². The number of carboxylic acids is 1. The summed E-state index contributed by atoms with van der Waals surface area (Å²) in [6, 6.07) is 2.90. The van der Waals surface area contributed by atoms with E-state index in [0.717, 1.165) is 12.1 Å². The van der Waals surface area contributed by atoms with Crippen LogP contribution in [-0.4, -0.2) is 70.0 Å². The van der Waals surface area contributed by atoms with Gasteiger partial charge in [0.2, 0.25) is 5.91 Å². The molecular formula is C22H22F8N4O3. The van der Waals surface area contributed by atoms with Crippen LogP contribution in [0.5, 0.6) is 0 Å². The van der Waals surface area contributed by atoms with Gasteiger partial charge in [-0.2, -0.15) is 26.3 Å². The van der Waals surface area contributed by atoms with Crippen molar-refractivity contribution in [3.8, 4) is 11.3 Å². The number of aryl methyl sites for hydroxylation is 1. The Morgan fingerprint density at radius 2 is 1.73 bits per heavy atom. The molecule has 2 aromatic rings. The van der Waals surface area contributed by atoms with Crippen molar-refractivity contribution in [2.75, 3.05) is 20.1 Å². The van der Waals surface area contributed by atoms with Gasteiger partial charge in [0.05, 0.1) is 17.5 Å². The largest absolute Gasteiger partial charge is 0.490 e. The highest BCUT2D eigenvalue weighted by Crippen LogP contribution is 2.37. The average Bonchev–Trinajstić information content (AvgIpc) is 3.36. The number of amides is 1. The molecule has 0 radical (unpaired) electrons. The molecule has 1 aromatic carbocycles. The van der Waals surface area contributed by atoms with Gasteiger partial charge in [0.15, 0.2) is 0 Å². The van der Waals surface area contributed by atoms with Gasteiger partial charge in [0.1, 0.15) is 17.5 Å². The summed E-state index contributed by atoms with van der Waals surface area (Å²) >= 11 is 0. The number of nitrogens with one attached hydrogen (secondary N) is 1. The van der Waals surface area contributed by atoms with Crippen molar-refractivity contribution in [2.24, 2.45) is 11.8 Å². The van der Waals surface area contributed by atoms with Crippen LogP contribution in [0.3, 0.4) is 0 Å². The Morgan fingerprint density at radius 3 is 2.30 bits per heavy atom. The minimum atomic E-state index is -5.08. The lowest BCUT2D eigenvalue weighted by atomic mass is 9.94.